The second-order valence-corrected chi connectivity index (χ2v) is 9.08. The van der Waals surface area contributed by atoms with Crippen molar-refractivity contribution in [3.8, 4) is 11.3 Å². The van der Waals surface area contributed by atoms with Crippen molar-refractivity contribution in [3.05, 3.63) is 93.9 Å². The molecule has 0 saturated carbocycles. The molecule has 0 unspecified atom stereocenters. The van der Waals surface area contributed by atoms with Gasteiger partial charge in [0.2, 0.25) is 0 Å². The molecule has 10 heteroatoms. The van der Waals surface area contributed by atoms with Gasteiger partial charge in [-0.25, -0.2) is 9.78 Å². The highest BCUT2D eigenvalue weighted by molar-refractivity contribution is 6.00. The standard InChI is InChI=1S/C28H27F3N4O3/c1-17(2)18-5-3-6-19(15-18)26-20(9-11-24(34-26)28(29,30)31)16-32-27(38)33-22-7-4-8-23-21(22)10-12-25(37)35(23)13-14-36/h3-12,15,17,36H,13-14,16H2,1-2H3,(H2,32,33,38). The maximum absolute atomic E-state index is 13.4. The molecule has 0 fully saturated rings. The van der Waals surface area contributed by atoms with Crippen LogP contribution in [0.2, 0.25) is 0 Å². The van der Waals surface area contributed by atoms with Crippen LogP contribution in [0.1, 0.15) is 36.6 Å². The Bertz CT molecular complexity index is 1530. The predicted molar refractivity (Wildman–Crippen MR) is 140 cm³/mol. The van der Waals surface area contributed by atoms with Crippen LogP contribution >= 0.6 is 0 Å². The molecule has 2 heterocycles. The summed E-state index contributed by atoms with van der Waals surface area (Å²) in [6.07, 6.45) is -4.61. The number of halogens is 3. The monoisotopic (exact) mass is 524 g/mol. The van der Waals surface area contributed by atoms with Crippen molar-refractivity contribution < 1.29 is 23.1 Å². The maximum Gasteiger partial charge on any atom is 0.433 e. The molecule has 38 heavy (non-hydrogen) atoms. The Labute approximate surface area is 217 Å². The fraction of sp³-hybridized carbons (Fsp3) is 0.250. The van der Waals surface area contributed by atoms with Crippen LogP contribution in [0.4, 0.5) is 23.7 Å². The quantitative estimate of drug-likeness (QED) is 0.297. The van der Waals surface area contributed by atoms with Gasteiger partial charge in [-0.15, -0.1) is 0 Å². The Hall–Kier alpha value is -4.18. The minimum absolute atomic E-state index is 0.0712. The third kappa shape index (κ3) is 5.86. The van der Waals surface area contributed by atoms with Crippen molar-refractivity contribution in [2.45, 2.75) is 39.0 Å². The SMILES string of the molecule is CC(C)c1cccc(-c2nc(C(F)(F)F)ccc2CNC(=O)Nc2cccc3c2ccc(=O)n3CCO)c1. The Morgan fingerprint density at radius 1 is 1.05 bits per heavy atom. The number of urea groups is 1. The highest BCUT2D eigenvalue weighted by atomic mass is 19.4. The van der Waals surface area contributed by atoms with Gasteiger partial charge in [-0.1, -0.05) is 44.2 Å². The number of carbonyl (C=O) groups excluding carboxylic acids is 1. The number of amides is 2. The number of carbonyl (C=O) groups is 1. The summed E-state index contributed by atoms with van der Waals surface area (Å²) < 4.78 is 41.7. The summed E-state index contributed by atoms with van der Waals surface area (Å²) in [6.45, 7) is 3.79. The zero-order valence-electron chi connectivity index (χ0n) is 20.8. The lowest BCUT2D eigenvalue weighted by Crippen LogP contribution is -2.29. The topological polar surface area (TPSA) is 96.3 Å². The minimum Gasteiger partial charge on any atom is -0.395 e. The first-order chi connectivity index (χ1) is 18.1. The molecule has 0 aliphatic rings. The fourth-order valence-electron chi connectivity index (χ4n) is 4.19. The van der Waals surface area contributed by atoms with Crippen LogP contribution in [0.25, 0.3) is 22.2 Å². The van der Waals surface area contributed by atoms with E-state index in [2.05, 4.69) is 15.6 Å². The van der Waals surface area contributed by atoms with Crippen molar-refractivity contribution in [3.63, 3.8) is 0 Å². The molecule has 0 saturated heterocycles. The van der Waals surface area contributed by atoms with Gasteiger partial charge in [0.15, 0.2) is 0 Å². The number of benzene rings is 2. The third-order valence-electron chi connectivity index (χ3n) is 6.14. The third-order valence-corrected chi connectivity index (χ3v) is 6.14. The number of aromatic nitrogens is 2. The largest absolute Gasteiger partial charge is 0.433 e. The Morgan fingerprint density at radius 3 is 2.53 bits per heavy atom. The lowest BCUT2D eigenvalue weighted by atomic mass is 9.97. The van der Waals surface area contributed by atoms with Crippen LogP contribution in [-0.2, 0) is 19.3 Å². The highest BCUT2D eigenvalue weighted by Gasteiger charge is 2.33. The number of rotatable bonds is 7. The second-order valence-electron chi connectivity index (χ2n) is 9.08. The van der Waals surface area contributed by atoms with Crippen molar-refractivity contribution in [1.29, 1.82) is 0 Å². The molecule has 0 bridgehead atoms. The predicted octanol–water partition coefficient (Wildman–Crippen LogP) is 5.52. The molecule has 198 valence electrons. The Morgan fingerprint density at radius 2 is 1.82 bits per heavy atom. The number of alkyl halides is 3. The molecule has 3 N–H and O–H groups in total. The van der Waals surface area contributed by atoms with Crippen LogP contribution in [0.5, 0.6) is 0 Å². The van der Waals surface area contributed by atoms with Gasteiger partial charge in [-0.2, -0.15) is 13.2 Å². The number of pyridine rings is 2. The molecular formula is C28H27F3N4O3. The van der Waals surface area contributed by atoms with Crippen molar-refractivity contribution >= 4 is 22.6 Å². The van der Waals surface area contributed by atoms with E-state index in [1.807, 2.05) is 19.9 Å². The minimum atomic E-state index is -4.61. The van der Waals surface area contributed by atoms with E-state index in [1.54, 1.807) is 42.5 Å². The van der Waals surface area contributed by atoms with Gasteiger partial charge in [0.25, 0.3) is 5.56 Å². The van der Waals surface area contributed by atoms with Gasteiger partial charge < -0.3 is 20.3 Å². The van der Waals surface area contributed by atoms with E-state index in [-0.39, 0.29) is 36.9 Å². The molecule has 0 aliphatic heterocycles. The zero-order chi connectivity index (χ0) is 27.4. The molecule has 0 atom stereocenters. The summed E-state index contributed by atoms with van der Waals surface area (Å²) in [4.78, 5) is 28.9. The molecule has 2 aromatic carbocycles. The number of aliphatic hydroxyl groups excluding tert-OH is 1. The lowest BCUT2D eigenvalue weighted by Gasteiger charge is -2.16. The molecule has 2 aromatic heterocycles. The Balaban J connectivity index is 1.61. The smallest absolute Gasteiger partial charge is 0.395 e. The number of hydrogen-bond acceptors (Lipinski definition) is 4. The van der Waals surface area contributed by atoms with E-state index in [1.165, 1.54) is 16.7 Å². The van der Waals surface area contributed by atoms with Gasteiger partial charge in [0, 0.05) is 30.1 Å². The Kier molecular flexibility index (Phi) is 7.82. The molecule has 4 rings (SSSR count). The molecular weight excluding hydrogens is 497 g/mol. The summed E-state index contributed by atoms with van der Waals surface area (Å²) >= 11 is 0. The van der Waals surface area contributed by atoms with Crippen LogP contribution < -0.4 is 16.2 Å². The van der Waals surface area contributed by atoms with E-state index in [9.17, 15) is 27.9 Å². The van der Waals surface area contributed by atoms with E-state index in [0.29, 0.717) is 27.7 Å². The maximum atomic E-state index is 13.4. The van der Waals surface area contributed by atoms with Gasteiger partial charge in [0.1, 0.15) is 5.69 Å². The molecule has 0 spiro atoms. The number of nitrogens with one attached hydrogen (secondary N) is 2. The molecule has 7 nitrogen and oxygen atoms in total. The van der Waals surface area contributed by atoms with Crippen LogP contribution in [0, 0.1) is 0 Å². The summed E-state index contributed by atoms with van der Waals surface area (Å²) in [5.74, 6) is 0.169. The number of nitrogens with zero attached hydrogens (tertiary/aromatic N) is 2. The average Bonchev–Trinajstić information content (AvgIpc) is 2.88. The van der Waals surface area contributed by atoms with E-state index < -0.39 is 17.9 Å². The summed E-state index contributed by atoms with van der Waals surface area (Å²) in [5, 5.41) is 15.3. The molecule has 0 aliphatic carbocycles. The first kappa shape index (κ1) is 26.9. The van der Waals surface area contributed by atoms with E-state index in [0.717, 1.165) is 11.6 Å². The first-order valence-electron chi connectivity index (χ1n) is 12.0. The van der Waals surface area contributed by atoms with Crippen molar-refractivity contribution in [2.24, 2.45) is 0 Å². The van der Waals surface area contributed by atoms with E-state index in [4.69, 9.17) is 0 Å². The number of hydrogen-bond donors (Lipinski definition) is 3. The summed E-state index contributed by atoms with van der Waals surface area (Å²) in [6, 6.07) is 16.8. The van der Waals surface area contributed by atoms with E-state index >= 15 is 0 Å². The van der Waals surface area contributed by atoms with Crippen LogP contribution in [0.3, 0.4) is 0 Å². The highest BCUT2D eigenvalue weighted by Crippen LogP contribution is 2.32. The first-order valence-corrected chi connectivity index (χ1v) is 12.0. The fourth-order valence-corrected chi connectivity index (χ4v) is 4.19. The lowest BCUT2D eigenvalue weighted by molar-refractivity contribution is -0.141. The molecule has 2 amide bonds. The molecule has 0 radical (unpaired) electrons. The van der Waals surface area contributed by atoms with Crippen molar-refractivity contribution in [2.75, 3.05) is 11.9 Å². The van der Waals surface area contributed by atoms with Crippen molar-refractivity contribution in [1.82, 2.24) is 14.9 Å². The molecule has 4 aromatic rings. The zero-order valence-corrected chi connectivity index (χ0v) is 20.8. The number of anilines is 1. The van der Waals surface area contributed by atoms with Gasteiger partial charge in [-0.05, 0) is 47.4 Å². The number of aliphatic hydroxyl groups is 1. The van der Waals surface area contributed by atoms with Gasteiger partial charge >= 0.3 is 12.2 Å². The normalized spacial score (nSPS) is 11.7. The second kappa shape index (κ2) is 11.1. The van der Waals surface area contributed by atoms with Crippen LogP contribution in [0.15, 0.2) is 71.5 Å². The van der Waals surface area contributed by atoms with Gasteiger partial charge in [0.05, 0.1) is 23.5 Å². The average molecular weight is 525 g/mol. The van der Waals surface area contributed by atoms with Gasteiger partial charge in [-0.3, -0.25) is 4.79 Å². The number of fused-ring (bicyclic) bond motifs is 1. The van der Waals surface area contributed by atoms with Crippen LogP contribution in [-0.4, -0.2) is 27.3 Å². The summed E-state index contributed by atoms with van der Waals surface area (Å²) in [7, 11) is 0. The summed E-state index contributed by atoms with van der Waals surface area (Å²) in [5.41, 5.74) is 1.72.